The lowest BCUT2D eigenvalue weighted by molar-refractivity contribution is 0.121. The van der Waals surface area contributed by atoms with E-state index < -0.39 is 0 Å². The number of anilines is 1. The number of rotatable bonds is 3. The van der Waals surface area contributed by atoms with Crippen molar-refractivity contribution in [3.8, 4) is 0 Å². The van der Waals surface area contributed by atoms with Crippen LogP contribution < -0.4 is 4.90 Å². The zero-order chi connectivity index (χ0) is 17.0. The second-order valence-electron chi connectivity index (χ2n) is 6.67. The second kappa shape index (κ2) is 7.12. The van der Waals surface area contributed by atoms with Crippen LogP contribution in [-0.2, 0) is 21.5 Å². The van der Waals surface area contributed by atoms with Crippen LogP contribution in [-0.4, -0.2) is 61.4 Å². The summed E-state index contributed by atoms with van der Waals surface area (Å²) in [5.74, 6) is 1.69. The van der Waals surface area contributed by atoms with Gasteiger partial charge in [0.1, 0.15) is 11.6 Å². The SMILES string of the molecule is COCc1cc(N2CCN(C(=O)OC)CC2)nc(C(C)(C)C)n1. The van der Waals surface area contributed by atoms with Crippen molar-refractivity contribution in [3.05, 3.63) is 17.6 Å². The van der Waals surface area contributed by atoms with E-state index in [0.29, 0.717) is 19.7 Å². The number of methoxy groups -OCH3 is 2. The van der Waals surface area contributed by atoms with E-state index in [4.69, 9.17) is 14.5 Å². The molecule has 1 aromatic heterocycles. The molecule has 1 aliphatic rings. The fourth-order valence-electron chi connectivity index (χ4n) is 2.45. The summed E-state index contributed by atoms with van der Waals surface area (Å²) in [5.41, 5.74) is 0.740. The standard InChI is InChI=1S/C16H26N4O3/c1-16(2,3)14-17-12(11-22-4)10-13(18-14)19-6-8-20(9-7-19)15(21)23-5/h10H,6-9,11H2,1-5H3. The number of nitrogens with zero attached hydrogens (tertiary/aromatic N) is 4. The number of carbonyl (C=O) groups excluding carboxylic acids is 1. The van der Waals surface area contributed by atoms with Crippen LogP contribution in [0.15, 0.2) is 6.07 Å². The summed E-state index contributed by atoms with van der Waals surface area (Å²) in [6.07, 6.45) is -0.275. The number of hydrogen-bond acceptors (Lipinski definition) is 6. The first-order valence-corrected chi connectivity index (χ1v) is 7.80. The van der Waals surface area contributed by atoms with E-state index in [0.717, 1.165) is 30.4 Å². The largest absolute Gasteiger partial charge is 0.453 e. The van der Waals surface area contributed by atoms with Crippen LogP contribution in [0.3, 0.4) is 0 Å². The predicted octanol–water partition coefficient (Wildman–Crippen LogP) is 1.81. The Balaban J connectivity index is 2.19. The number of amides is 1. The third kappa shape index (κ3) is 4.31. The lowest BCUT2D eigenvalue weighted by Crippen LogP contribution is -2.49. The van der Waals surface area contributed by atoms with Crippen molar-refractivity contribution in [2.75, 3.05) is 45.3 Å². The Hall–Kier alpha value is -1.89. The lowest BCUT2D eigenvalue weighted by atomic mass is 9.95. The third-order valence-corrected chi connectivity index (χ3v) is 3.77. The van der Waals surface area contributed by atoms with E-state index in [1.807, 2.05) is 6.07 Å². The molecule has 2 rings (SSSR count). The highest BCUT2D eigenvalue weighted by Gasteiger charge is 2.25. The van der Waals surface area contributed by atoms with Crippen molar-refractivity contribution in [3.63, 3.8) is 0 Å². The fraction of sp³-hybridized carbons (Fsp3) is 0.688. The molecule has 0 unspecified atom stereocenters. The maximum atomic E-state index is 11.6. The minimum atomic E-state index is -0.275. The molecule has 0 aromatic carbocycles. The molecular formula is C16H26N4O3. The molecule has 0 bridgehead atoms. The molecule has 1 aromatic rings. The molecule has 7 nitrogen and oxygen atoms in total. The Labute approximate surface area is 137 Å². The molecule has 2 heterocycles. The van der Waals surface area contributed by atoms with Crippen molar-refractivity contribution in [2.24, 2.45) is 0 Å². The summed E-state index contributed by atoms with van der Waals surface area (Å²) in [4.78, 5) is 24.8. The molecule has 1 amide bonds. The van der Waals surface area contributed by atoms with Crippen LogP contribution in [0, 0.1) is 0 Å². The van der Waals surface area contributed by atoms with Gasteiger partial charge >= 0.3 is 6.09 Å². The molecule has 0 spiro atoms. The smallest absolute Gasteiger partial charge is 0.409 e. The molecule has 128 valence electrons. The minimum Gasteiger partial charge on any atom is -0.453 e. The Bertz CT molecular complexity index is 549. The van der Waals surface area contributed by atoms with Crippen molar-refractivity contribution >= 4 is 11.9 Å². The lowest BCUT2D eigenvalue weighted by Gasteiger charge is -2.35. The van der Waals surface area contributed by atoms with Gasteiger partial charge in [-0.2, -0.15) is 0 Å². The molecule has 0 aliphatic carbocycles. The summed E-state index contributed by atoms with van der Waals surface area (Å²) in [6.45, 7) is 9.45. The van der Waals surface area contributed by atoms with Gasteiger partial charge in [-0.1, -0.05) is 20.8 Å². The molecule has 0 saturated carbocycles. The van der Waals surface area contributed by atoms with Crippen LogP contribution in [0.25, 0.3) is 0 Å². The zero-order valence-corrected chi connectivity index (χ0v) is 14.6. The molecule has 1 fully saturated rings. The van der Waals surface area contributed by atoms with E-state index >= 15 is 0 Å². The van der Waals surface area contributed by atoms with Gasteiger partial charge in [-0.25, -0.2) is 14.8 Å². The number of hydrogen-bond donors (Lipinski definition) is 0. The van der Waals surface area contributed by atoms with Crippen LogP contribution in [0.4, 0.5) is 10.6 Å². The van der Waals surface area contributed by atoms with E-state index in [-0.39, 0.29) is 11.5 Å². The Kier molecular flexibility index (Phi) is 5.41. The van der Waals surface area contributed by atoms with Crippen molar-refractivity contribution in [2.45, 2.75) is 32.8 Å². The van der Waals surface area contributed by atoms with E-state index in [1.165, 1.54) is 7.11 Å². The van der Waals surface area contributed by atoms with Gasteiger partial charge in [0.15, 0.2) is 0 Å². The summed E-state index contributed by atoms with van der Waals surface area (Å²) in [5, 5.41) is 0. The Morgan fingerprint density at radius 3 is 2.35 bits per heavy atom. The van der Waals surface area contributed by atoms with Gasteiger partial charge in [0, 0.05) is 44.8 Å². The quantitative estimate of drug-likeness (QED) is 0.845. The van der Waals surface area contributed by atoms with Crippen LogP contribution >= 0.6 is 0 Å². The predicted molar refractivity (Wildman–Crippen MR) is 87.6 cm³/mol. The molecule has 23 heavy (non-hydrogen) atoms. The first-order chi connectivity index (χ1) is 10.8. The molecular weight excluding hydrogens is 296 g/mol. The van der Waals surface area contributed by atoms with Crippen LogP contribution in [0.2, 0.25) is 0 Å². The summed E-state index contributed by atoms with van der Waals surface area (Å²) in [7, 11) is 3.07. The third-order valence-electron chi connectivity index (χ3n) is 3.77. The van der Waals surface area contributed by atoms with Crippen LogP contribution in [0.1, 0.15) is 32.3 Å². The molecule has 0 atom stereocenters. The van der Waals surface area contributed by atoms with E-state index in [9.17, 15) is 4.79 Å². The highest BCUT2D eigenvalue weighted by Crippen LogP contribution is 2.23. The monoisotopic (exact) mass is 322 g/mol. The van der Waals surface area contributed by atoms with Gasteiger partial charge in [-0.15, -0.1) is 0 Å². The van der Waals surface area contributed by atoms with Crippen molar-refractivity contribution in [1.29, 1.82) is 0 Å². The highest BCUT2D eigenvalue weighted by molar-refractivity contribution is 5.67. The zero-order valence-electron chi connectivity index (χ0n) is 14.6. The Morgan fingerprint density at radius 2 is 1.83 bits per heavy atom. The van der Waals surface area contributed by atoms with Gasteiger partial charge in [-0.3, -0.25) is 0 Å². The van der Waals surface area contributed by atoms with Crippen molar-refractivity contribution in [1.82, 2.24) is 14.9 Å². The molecule has 7 heteroatoms. The summed E-state index contributed by atoms with van der Waals surface area (Å²) in [6, 6.07) is 1.96. The molecule has 0 radical (unpaired) electrons. The average Bonchev–Trinajstić information content (AvgIpc) is 2.53. The van der Waals surface area contributed by atoms with Crippen LogP contribution in [0.5, 0.6) is 0 Å². The van der Waals surface area contributed by atoms with Gasteiger partial charge in [0.2, 0.25) is 0 Å². The maximum Gasteiger partial charge on any atom is 0.409 e. The second-order valence-corrected chi connectivity index (χ2v) is 6.67. The van der Waals surface area contributed by atoms with Gasteiger partial charge in [0.05, 0.1) is 19.4 Å². The Morgan fingerprint density at radius 1 is 1.17 bits per heavy atom. The molecule has 1 saturated heterocycles. The number of ether oxygens (including phenoxy) is 2. The topological polar surface area (TPSA) is 67.8 Å². The molecule has 1 aliphatic heterocycles. The summed E-state index contributed by atoms with van der Waals surface area (Å²) < 4.78 is 9.99. The average molecular weight is 322 g/mol. The van der Waals surface area contributed by atoms with Crippen molar-refractivity contribution < 1.29 is 14.3 Å². The minimum absolute atomic E-state index is 0.133. The number of piperazine rings is 1. The van der Waals surface area contributed by atoms with Gasteiger partial charge < -0.3 is 19.3 Å². The number of carbonyl (C=O) groups is 1. The van der Waals surface area contributed by atoms with Gasteiger partial charge in [-0.05, 0) is 0 Å². The first-order valence-electron chi connectivity index (χ1n) is 7.80. The molecule has 0 N–H and O–H groups in total. The maximum absolute atomic E-state index is 11.6. The van der Waals surface area contributed by atoms with E-state index in [2.05, 4.69) is 30.7 Å². The highest BCUT2D eigenvalue weighted by atomic mass is 16.5. The fourth-order valence-corrected chi connectivity index (χ4v) is 2.45. The summed E-state index contributed by atoms with van der Waals surface area (Å²) >= 11 is 0. The van der Waals surface area contributed by atoms with E-state index in [1.54, 1.807) is 12.0 Å². The van der Waals surface area contributed by atoms with Gasteiger partial charge in [0.25, 0.3) is 0 Å². The number of aromatic nitrogens is 2. The first kappa shape index (κ1) is 17.5. The normalized spacial score (nSPS) is 15.7.